The molecule has 0 atom stereocenters. The van der Waals surface area contributed by atoms with E-state index in [1.807, 2.05) is 38.1 Å². The molecule has 2 heterocycles. The van der Waals surface area contributed by atoms with E-state index >= 15 is 0 Å². The van der Waals surface area contributed by atoms with Crippen LogP contribution in [0.3, 0.4) is 0 Å². The van der Waals surface area contributed by atoms with Gasteiger partial charge in [-0.05, 0) is 31.1 Å². The maximum atomic E-state index is 12.7. The number of rotatable bonds is 2. The molecule has 27 heavy (non-hydrogen) atoms. The molecule has 1 amide bonds. The second-order valence-corrected chi connectivity index (χ2v) is 7.56. The highest BCUT2D eigenvalue weighted by Crippen LogP contribution is 2.11. The van der Waals surface area contributed by atoms with Crippen molar-refractivity contribution in [1.82, 2.24) is 9.47 Å². The van der Waals surface area contributed by atoms with Gasteiger partial charge in [0.25, 0.3) is 11.5 Å². The van der Waals surface area contributed by atoms with Crippen molar-refractivity contribution in [2.45, 2.75) is 13.8 Å². The number of nitrogens with zero attached hydrogens (tertiary/aromatic N) is 3. The molecule has 1 fully saturated rings. The third-order valence-corrected chi connectivity index (χ3v) is 5.76. The molecule has 0 unspecified atom stereocenters. The van der Waals surface area contributed by atoms with E-state index in [1.165, 1.54) is 15.9 Å². The van der Waals surface area contributed by atoms with Crippen LogP contribution in [0.5, 0.6) is 0 Å². The lowest BCUT2D eigenvalue weighted by Gasteiger charge is -2.26. The Morgan fingerprint density at radius 1 is 1.30 bits per heavy atom. The van der Waals surface area contributed by atoms with Crippen molar-refractivity contribution >= 4 is 28.9 Å². The summed E-state index contributed by atoms with van der Waals surface area (Å²) in [7, 11) is 1.59. The zero-order chi connectivity index (χ0) is 19.6. The zero-order valence-electron chi connectivity index (χ0n) is 15.6. The van der Waals surface area contributed by atoms with Crippen molar-refractivity contribution in [2.24, 2.45) is 7.05 Å². The second kappa shape index (κ2) is 7.91. The van der Waals surface area contributed by atoms with E-state index in [4.69, 9.17) is 4.74 Å². The second-order valence-electron chi connectivity index (χ2n) is 6.53. The Morgan fingerprint density at radius 2 is 2.00 bits per heavy atom. The van der Waals surface area contributed by atoms with E-state index in [9.17, 15) is 14.9 Å². The first-order chi connectivity index (χ1) is 12.9. The number of morpholine rings is 1. The van der Waals surface area contributed by atoms with Crippen LogP contribution in [0.2, 0.25) is 0 Å². The van der Waals surface area contributed by atoms with Crippen LogP contribution < -0.4 is 14.8 Å². The van der Waals surface area contributed by atoms with Crippen LogP contribution in [-0.2, 0) is 16.6 Å². The molecule has 2 aromatic rings. The smallest absolute Gasteiger partial charge is 0.268 e. The molecule has 1 aliphatic rings. The monoisotopic (exact) mass is 383 g/mol. The summed E-state index contributed by atoms with van der Waals surface area (Å²) in [6.07, 6.45) is 1.82. The third-order valence-electron chi connectivity index (χ3n) is 4.58. The molecule has 0 aliphatic carbocycles. The molecule has 1 aliphatic heterocycles. The maximum Gasteiger partial charge on any atom is 0.268 e. The van der Waals surface area contributed by atoms with Crippen molar-refractivity contribution in [2.75, 3.05) is 26.3 Å². The fourth-order valence-electron chi connectivity index (χ4n) is 3.02. The molecule has 0 N–H and O–H groups in total. The van der Waals surface area contributed by atoms with Crippen LogP contribution in [0.15, 0.2) is 23.0 Å². The summed E-state index contributed by atoms with van der Waals surface area (Å²) >= 11 is 1.18. The number of ether oxygens (including phenoxy) is 1. The number of aromatic nitrogens is 1. The van der Waals surface area contributed by atoms with Crippen LogP contribution in [0.4, 0.5) is 0 Å². The number of hydrogen-bond donors (Lipinski definition) is 0. The van der Waals surface area contributed by atoms with Crippen molar-refractivity contribution in [3.8, 4) is 6.07 Å². The van der Waals surface area contributed by atoms with E-state index in [0.29, 0.717) is 35.5 Å². The van der Waals surface area contributed by atoms with Gasteiger partial charge < -0.3 is 14.2 Å². The largest absolute Gasteiger partial charge is 0.378 e. The molecule has 0 radical (unpaired) electrons. The van der Waals surface area contributed by atoms with Gasteiger partial charge in [-0.15, -0.1) is 11.3 Å². The number of carbonyl (C=O) groups excluding carboxylic acids is 1. The fraction of sp³-hybridized carbons (Fsp3) is 0.350. The van der Waals surface area contributed by atoms with E-state index in [0.717, 1.165) is 16.7 Å². The summed E-state index contributed by atoms with van der Waals surface area (Å²) in [5, 5.41) is 9.58. The fourth-order valence-corrected chi connectivity index (χ4v) is 4.10. The van der Waals surface area contributed by atoms with Gasteiger partial charge in [-0.25, -0.2) is 0 Å². The van der Waals surface area contributed by atoms with E-state index in [-0.39, 0.29) is 17.0 Å². The van der Waals surface area contributed by atoms with Crippen LogP contribution in [0.25, 0.3) is 11.6 Å². The van der Waals surface area contributed by atoms with Crippen molar-refractivity contribution in [3.05, 3.63) is 54.4 Å². The van der Waals surface area contributed by atoms with Crippen molar-refractivity contribution in [3.63, 3.8) is 0 Å². The highest BCUT2D eigenvalue weighted by atomic mass is 32.1. The topological polar surface area (TPSA) is 75.3 Å². The number of carbonyl (C=O) groups is 1. The van der Waals surface area contributed by atoms with E-state index in [2.05, 4.69) is 6.07 Å². The molecule has 0 saturated carbocycles. The summed E-state index contributed by atoms with van der Waals surface area (Å²) < 4.78 is 7.53. The van der Waals surface area contributed by atoms with Crippen LogP contribution in [0.1, 0.15) is 16.7 Å². The van der Waals surface area contributed by atoms with E-state index in [1.54, 1.807) is 11.9 Å². The molecule has 1 aromatic carbocycles. The first-order valence-corrected chi connectivity index (χ1v) is 9.50. The van der Waals surface area contributed by atoms with Gasteiger partial charge in [0.2, 0.25) is 0 Å². The standard InChI is InChI=1S/C20H21N3O3S/c1-13-4-5-15(14(2)10-13)11-17-19(25)22(3)20(27-17)16(12-21)18(24)23-6-8-26-9-7-23/h4-5,10-11H,6-9H2,1-3H3/b17-11-,20-16-. The Morgan fingerprint density at radius 3 is 2.63 bits per heavy atom. The molecule has 1 aromatic heterocycles. The Labute approximate surface area is 161 Å². The minimum atomic E-state index is -0.351. The highest BCUT2D eigenvalue weighted by molar-refractivity contribution is 7.07. The average molecular weight is 383 g/mol. The quantitative estimate of drug-likeness (QED) is 0.754. The third kappa shape index (κ3) is 3.87. The van der Waals surface area contributed by atoms with Crippen LogP contribution >= 0.6 is 11.3 Å². The van der Waals surface area contributed by atoms with Crippen LogP contribution in [0, 0.1) is 25.2 Å². The molecular formula is C20H21N3O3S. The number of nitriles is 1. The molecule has 7 heteroatoms. The number of amides is 1. The van der Waals surface area contributed by atoms with Crippen molar-refractivity contribution in [1.29, 1.82) is 5.26 Å². The first kappa shape index (κ1) is 19.1. The predicted octanol–water partition coefficient (Wildman–Crippen LogP) is 0.426. The zero-order valence-corrected chi connectivity index (χ0v) is 16.4. The molecule has 0 bridgehead atoms. The molecule has 1 saturated heterocycles. The number of thiazole rings is 1. The first-order valence-electron chi connectivity index (χ1n) is 8.68. The lowest BCUT2D eigenvalue weighted by Crippen LogP contribution is -2.42. The number of hydrogen-bond acceptors (Lipinski definition) is 5. The van der Waals surface area contributed by atoms with Gasteiger partial charge in [-0.3, -0.25) is 9.59 Å². The number of benzene rings is 1. The number of aryl methyl sites for hydroxylation is 2. The highest BCUT2D eigenvalue weighted by Gasteiger charge is 2.22. The molecule has 3 rings (SSSR count). The molecular weight excluding hydrogens is 362 g/mol. The summed E-state index contributed by atoms with van der Waals surface area (Å²) in [6.45, 7) is 5.83. The average Bonchev–Trinajstić information content (AvgIpc) is 2.94. The lowest BCUT2D eigenvalue weighted by atomic mass is 10.1. The molecule has 6 nitrogen and oxygen atoms in total. The van der Waals surface area contributed by atoms with Gasteiger partial charge in [0.05, 0.1) is 17.7 Å². The molecule has 0 spiro atoms. The normalized spacial score (nSPS) is 16.2. The van der Waals surface area contributed by atoms with Gasteiger partial charge in [0.15, 0.2) is 5.57 Å². The maximum absolute atomic E-state index is 12.7. The Hall–Kier alpha value is -2.69. The van der Waals surface area contributed by atoms with Gasteiger partial charge in [-0.1, -0.05) is 23.8 Å². The lowest BCUT2D eigenvalue weighted by molar-refractivity contribution is -0.128. The summed E-state index contributed by atoms with van der Waals surface area (Å²) in [5.74, 6) is -0.351. The van der Waals surface area contributed by atoms with Crippen LogP contribution in [-0.4, -0.2) is 41.7 Å². The summed E-state index contributed by atoms with van der Waals surface area (Å²) in [6, 6.07) is 8.02. The minimum Gasteiger partial charge on any atom is -0.378 e. The Kier molecular flexibility index (Phi) is 5.59. The minimum absolute atomic E-state index is 0.00165. The summed E-state index contributed by atoms with van der Waals surface area (Å²) in [5.41, 5.74) is 2.96. The van der Waals surface area contributed by atoms with Gasteiger partial charge in [0.1, 0.15) is 10.7 Å². The predicted molar refractivity (Wildman–Crippen MR) is 105 cm³/mol. The molecule has 140 valence electrons. The van der Waals surface area contributed by atoms with Crippen molar-refractivity contribution < 1.29 is 9.53 Å². The Bertz CT molecular complexity index is 1100. The van der Waals surface area contributed by atoms with Gasteiger partial charge in [0, 0.05) is 20.1 Å². The van der Waals surface area contributed by atoms with E-state index < -0.39 is 0 Å². The summed E-state index contributed by atoms with van der Waals surface area (Å²) in [4.78, 5) is 27.0. The van der Waals surface area contributed by atoms with Gasteiger partial charge in [-0.2, -0.15) is 5.26 Å². The Balaban J connectivity index is 2.14. The van der Waals surface area contributed by atoms with Gasteiger partial charge >= 0.3 is 0 Å². The SMILES string of the molecule is Cc1ccc(/C=c2\s/c(=C(/C#N)C(=O)N3CCOCC3)n(C)c2=O)c(C)c1.